The molecule has 1 aromatic rings. The number of benzene rings is 1. The van der Waals surface area contributed by atoms with Crippen LogP contribution in [0.15, 0.2) is 35.5 Å². The van der Waals surface area contributed by atoms with Crippen molar-refractivity contribution in [2.75, 3.05) is 26.8 Å². The number of methoxy groups -OCH3 is 1. The largest absolute Gasteiger partial charge is 0.409 e. The van der Waals surface area contributed by atoms with Gasteiger partial charge in [-0.05, 0) is 30.9 Å². The number of ether oxygens (including phenoxy) is 1. The maximum atomic E-state index is 8.89. The number of amidine groups is 1. The van der Waals surface area contributed by atoms with E-state index in [0.717, 1.165) is 26.1 Å². The number of nitrogens with zero attached hydrogens (tertiary/aromatic N) is 2. The molecule has 1 aliphatic heterocycles. The Morgan fingerprint density at radius 3 is 2.90 bits per heavy atom. The monoisotopic (exact) mass is 291 g/mol. The van der Waals surface area contributed by atoms with Gasteiger partial charge in [-0.1, -0.05) is 35.5 Å². The highest BCUT2D eigenvalue weighted by Crippen LogP contribution is 2.29. The summed E-state index contributed by atoms with van der Waals surface area (Å²) in [5, 5.41) is 12.0. The van der Waals surface area contributed by atoms with Gasteiger partial charge in [-0.3, -0.25) is 4.90 Å². The first-order valence-electron chi connectivity index (χ1n) is 7.49. The molecule has 2 rings (SSSR count). The van der Waals surface area contributed by atoms with Crippen LogP contribution in [0.4, 0.5) is 0 Å². The summed E-state index contributed by atoms with van der Waals surface area (Å²) in [5.41, 5.74) is 6.97. The lowest BCUT2D eigenvalue weighted by atomic mass is 9.94. The summed E-state index contributed by atoms with van der Waals surface area (Å²) in [6.45, 7) is 2.83. The van der Waals surface area contributed by atoms with Crippen molar-refractivity contribution in [2.24, 2.45) is 16.8 Å². The Bertz CT molecular complexity index is 448. The van der Waals surface area contributed by atoms with E-state index in [1.807, 2.05) is 18.2 Å². The second-order valence-electron chi connectivity index (χ2n) is 5.68. The first-order valence-corrected chi connectivity index (χ1v) is 7.49. The van der Waals surface area contributed by atoms with E-state index in [4.69, 9.17) is 15.7 Å². The lowest BCUT2D eigenvalue weighted by Gasteiger charge is -2.38. The summed E-state index contributed by atoms with van der Waals surface area (Å²) in [5.74, 6) is 0.833. The fraction of sp³-hybridized carbons (Fsp3) is 0.562. The molecule has 0 aliphatic carbocycles. The molecule has 3 N–H and O–H groups in total. The minimum Gasteiger partial charge on any atom is -0.409 e. The maximum Gasteiger partial charge on any atom is 0.141 e. The van der Waals surface area contributed by atoms with Gasteiger partial charge in [0.05, 0.1) is 6.61 Å². The summed E-state index contributed by atoms with van der Waals surface area (Å²) >= 11 is 0. The van der Waals surface area contributed by atoms with Crippen molar-refractivity contribution >= 4 is 5.84 Å². The third kappa shape index (κ3) is 4.44. The van der Waals surface area contributed by atoms with Crippen molar-refractivity contribution < 1.29 is 9.94 Å². The Hall–Kier alpha value is -1.59. The first kappa shape index (κ1) is 15.8. The molecular weight excluding hydrogens is 266 g/mol. The SMILES string of the molecule is COCC1CCCN(C(C/C(N)=N/O)c2ccccc2)C1. The Labute approximate surface area is 126 Å². The molecule has 0 aromatic heterocycles. The molecule has 5 nitrogen and oxygen atoms in total. The summed E-state index contributed by atoms with van der Waals surface area (Å²) in [4.78, 5) is 2.43. The summed E-state index contributed by atoms with van der Waals surface area (Å²) in [7, 11) is 1.75. The predicted octanol–water partition coefficient (Wildman–Crippen LogP) is 2.22. The third-order valence-corrected chi connectivity index (χ3v) is 4.11. The quantitative estimate of drug-likeness (QED) is 0.365. The highest BCUT2D eigenvalue weighted by Gasteiger charge is 2.27. The van der Waals surface area contributed by atoms with Crippen molar-refractivity contribution in [1.29, 1.82) is 0 Å². The second kappa shape index (κ2) is 8.00. The number of oxime groups is 1. The number of piperidine rings is 1. The van der Waals surface area contributed by atoms with Crippen LogP contribution in [0, 0.1) is 5.92 Å². The van der Waals surface area contributed by atoms with Crippen LogP contribution >= 0.6 is 0 Å². The van der Waals surface area contributed by atoms with Crippen LogP contribution in [0.2, 0.25) is 0 Å². The van der Waals surface area contributed by atoms with Crippen LogP contribution in [0.3, 0.4) is 0 Å². The topological polar surface area (TPSA) is 71.1 Å². The highest BCUT2D eigenvalue weighted by molar-refractivity contribution is 5.80. The average Bonchev–Trinajstić information content (AvgIpc) is 2.53. The van der Waals surface area contributed by atoms with E-state index in [-0.39, 0.29) is 11.9 Å². The van der Waals surface area contributed by atoms with Crippen LogP contribution in [0.1, 0.15) is 30.9 Å². The summed E-state index contributed by atoms with van der Waals surface area (Å²) < 4.78 is 5.30. The number of likely N-dealkylation sites (tertiary alicyclic amines) is 1. The van der Waals surface area contributed by atoms with Gasteiger partial charge in [0.2, 0.25) is 0 Å². The van der Waals surface area contributed by atoms with E-state index in [1.165, 1.54) is 12.0 Å². The van der Waals surface area contributed by atoms with Crippen LogP contribution in [0.25, 0.3) is 0 Å². The second-order valence-corrected chi connectivity index (χ2v) is 5.68. The molecule has 1 aliphatic rings. The molecule has 1 aromatic carbocycles. The molecule has 1 saturated heterocycles. The Morgan fingerprint density at radius 1 is 1.48 bits per heavy atom. The van der Waals surface area contributed by atoms with Crippen molar-refractivity contribution in [1.82, 2.24) is 4.90 Å². The molecule has 0 spiro atoms. The molecule has 0 saturated carbocycles. The fourth-order valence-electron chi connectivity index (χ4n) is 3.12. The minimum absolute atomic E-state index is 0.154. The maximum absolute atomic E-state index is 8.89. The standard InChI is InChI=1S/C16H25N3O2/c1-21-12-13-6-5-9-19(11-13)15(10-16(17)18-20)14-7-3-2-4-8-14/h2-4,7-8,13,15,20H,5-6,9-12H2,1H3,(H2,17,18). The van der Waals surface area contributed by atoms with Gasteiger partial charge in [-0.15, -0.1) is 0 Å². The molecule has 1 fully saturated rings. The van der Waals surface area contributed by atoms with E-state index in [0.29, 0.717) is 12.3 Å². The Morgan fingerprint density at radius 2 is 2.24 bits per heavy atom. The van der Waals surface area contributed by atoms with Gasteiger partial charge in [-0.2, -0.15) is 0 Å². The molecule has 1 heterocycles. The molecule has 0 radical (unpaired) electrons. The Kier molecular flexibility index (Phi) is 6.02. The van der Waals surface area contributed by atoms with Gasteiger partial charge in [-0.25, -0.2) is 0 Å². The average molecular weight is 291 g/mol. The van der Waals surface area contributed by atoms with Crippen LogP contribution in [0.5, 0.6) is 0 Å². The molecule has 0 bridgehead atoms. The summed E-state index contributed by atoms with van der Waals surface area (Å²) in [6.07, 6.45) is 2.91. The fourth-order valence-corrected chi connectivity index (χ4v) is 3.12. The lowest BCUT2D eigenvalue weighted by molar-refractivity contribution is 0.0691. The highest BCUT2D eigenvalue weighted by atomic mass is 16.5. The Balaban J connectivity index is 2.14. The van der Waals surface area contributed by atoms with Gasteiger partial charge in [0.25, 0.3) is 0 Å². The van der Waals surface area contributed by atoms with Gasteiger partial charge in [0, 0.05) is 26.1 Å². The first-order chi connectivity index (χ1) is 10.2. The van der Waals surface area contributed by atoms with E-state index >= 15 is 0 Å². The zero-order valence-electron chi connectivity index (χ0n) is 12.6. The molecule has 2 unspecified atom stereocenters. The minimum atomic E-state index is 0.154. The van der Waals surface area contributed by atoms with Crippen molar-refractivity contribution in [3.63, 3.8) is 0 Å². The number of hydrogen-bond donors (Lipinski definition) is 2. The number of nitrogens with two attached hydrogens (primary N) is 1. The normalized spacial score (nSPS) is 22.1. The van der Waals surface area contributed by atoms with Gasteiger partial charge < -0.3 is 15.7 Å². The van der Waals surface area contributed by atoms with Gasteiger partial charge in [0.15, 0.2) is 0 Å². The van der Waals surface area contributed by atoms with Crippen molar-refractivity contribution in [2.45, 2.75) is 25.3 Å². The van der Waals surface area contributed by atoms with Crippen molar-refractivity contribution in [3.05, 3.63) is 35.9 Å². The van der Waals surface area contributed by atoms with Crippen LogP contribution < -0.4 is 5.73 Å². The third-order valence-electron chi connectivity index (χ3n) is 4.11. The molecule has 5 heteroatoms. The molecule has 21 heavy (non-hydrogen) atoms. The van der Waals surface area contributed by atoms with Crippen LogP contribution in [-0.4, -0.2) is 42.7 Å². The summed E-state index contributed by atoms with van der Waals surface area (Å²) in [6, 6.07) is 10.4. The molecule has 0 amide bonds. The van der Waals surface area contributed by atoms with Crippen LogP contribution in [-0.2, 0) is 4.74 Å². The predicted molar refractivity (Wildman–Crippen MR) is 83.4 cm³/mol. The van der Waals surface area contributed by atoms with E-state index < -0.39 is 0 Å². The van der Waals surface area contributed by atoms with E-state index in [9.17, 15) is 0 Å². The zero-order chi connectivity index (χ0) is 15.1. The van der Waals surface area contributed by atoms with Crippen molar-refractivity contribution in [3.8, 4) is 0 Å². The van der Waals surface area contributed by atoms with E-state index in [1.54, 1.807) is 7.11 Å². The molecule has 116 valence electrons. The molecule has 2 atom stereocenters. The number of hydrogen-bond acceptors (Lipinski definition) is 4. The van der Waals surface area contributed by atoms with Gasteiger partial charge in [0.1, 0.15) is 5.84 Å². The molecular formula is C16H25N3O2. The van der Waals surface area contributed by atoms with Gasteiger partial charge >= 0.3 is 0 Å². The zero-order valence-corrected chi connectivity index (χ0v) is 12.6. The van der Waals surface area contributed by atoms with E-state index in [2.05, 4.69) is 22.2 Å². The smallest absolute Gasteiger partial charge is 0.141 e. The lowest BCUT2D eigenvalue weighted by Crippen LogP contribution is -2.41. The number of rotatable bonds is 6.